The Labute approximate surface area is 114 Å². The minimum absolute atomic E-state index is 0.210. The van der Waals surface area contributed by atoms with E-state index in [4.69, 9.17) is 9.47 Å². The Morgan fingerprint density at radius 1 is 1.21 bits per heavy atom. The van der Waals surface area contributed by atoms with Gasteiger partial charge in [0.25, 0.3) is 0 Å². The minimum atomic E-state index is -1.02. The molecule has 2 atom stereocenters. The van der Waals surface area contributed by atoms with Gasteiger partial charge in [0, 0.05) is 6.04 Å². The summed E-state index contributed by atoms with van der Waals surface area (Å²) in [7, 11) is 3.18. The second-order valence-corrected chi connectivity index (χ2v) is 4.95. The Balaban J connectivity index is 2.43. The summed E-state index contributed by atoms with van der Waals surface area (Å²) in [5.41, 5.74) is 1.68. The monoisotopic (exact) mass is 267 g/mol. The number of hydrogen-bond donors (Lipinski definition) is 1. The first-order chi connectivity index (χ1) is 9.17. The van der Waals surface area contributed by atoms with Gasteiger partial charge in [-0.15, -0.1) is 0 Å². The third kappa shape index (κ3) is 3.00. The number of methoxy groups -OCH3 is 2. The number of ether oxygens (including phenoxy) is 2. The summed E-state index contributed by atoms with van der Waals surface area (Å²) in [5, 5.41) is 3.46. The van der Waals surface area contributed by atoms with Gasteiger partial charge in [-0.05, 0) is 49.6 Å². The van der Waals surface area contributed by atoms with Crippen LogP contribution >= 0.6 is 0 Å². The first kappa shape index (κ1) is 14.1. The lowest BCUT2D eigenvalue weighted by molar-refractivity contribution is 0.338. The Morgan fingerprint density at radius 3 is 2.42 bits per heavy atom. The third-order valence-electron chi connectivity index (χ3n) is 3.70. The van der Waals surface area contributed by atoms with E-state index >= 15 is 0 Å². The maximum atomic E-state index is 13.9. The van der Waals surface area contributed by atoms with E-state index in [-0.39, 0.29) is 6.04 Å². The molecule has 1 fully saturated rings. The lowest BCUT2D eigenvalue weighted by Crippen LogP contribution is -2.27. The summed E-state index contributed by atoms with van der Waals surface area (Å²) < 4.78 is 24.5. The van der Waals surface area contributed by atoms with Gasteiger partial charge in [-0.1, -0.05) is 6.42 Å². The fraction of sp³-hybridized carbons (Fsp3) is 0.600. The fourth-order valence-electron chi connectivity index (χ4n) is 2.67. The highest BCUT2D eigenvalue weighted by atomic mass is 19.1. The molecule has 1 N–H and O–H groups in total. The number of halogens is 1. The van der Waals surface area contributed by atoms with Crippen LogP contribution in [-0.4, -0.2) is 20.8 Å². The number of hydrogen-bond acceptors (Lipinski definition) is 3. The van der Waals surface area contributed by atoms with Crippen molar-refractivity contribution in [1.82, 2.24) is 5.32 Å². The van der Waals surface area contributed by atoms with Crippen molar-refractivity contribution in [3.8, 4) is 11.5 Å². The molecule has 1 aliphatic rings. The number of alkyl halides is 1. The van der Waals surface area contributed by atoms with Crippen LogP contribution in [0.25, 0.3) is 0 Å². The molecule has 3 nitrogen and oxygen atoms in total. The molecular formula is C15H22FNO2. The molecule has 0 amide bonds. The minimum Gasteiger partial charge on any atom is -0.493 e. The van der Waals surface area contributed by atoms with Crippen LogP contribution in [0.15, 0.2) is 12.1 Å². The molecule has 1 saturated heterocycles. The highest BCUT2D eigenvalue weighted by Crippen LogP contribution is 2.38. The predicted molar refractivity (Wildman–Crippen MR) is 73.7 cm³/mol. The largest absolute Gasteiger partial charge is 0.493 e. The van der Waals surface area contributed by atoms with E-state index in [9.17, 15) is 4.39 Å². The number of piperidine rings is 1. The smallest absolute Gasteiger partial charge is 0.161 e. The molecule has 1 heterocycles. The van der Waals surface area contributed by atoms with Crippen molar-refractivity contribution in [3.63, 3.8) is 0 Å². The van der Waals surface area contributed by atoms with Crippen LogP contribution in [0.2, 0.25) is 0 Å². The molecule has 0 saturated carbocycles. The number of nitrogens with one attached hydrogen (secondary N) is 1. The van der Waals surface area contributed by atoms with Gasteiger partial charge in [0.2, 0.25) is 0 Å². The molecule has 2 unspecified atom stereocenters. The van der Waals surface area contributed by atoms with Crippen LogP contribution < -0.4 is 14.8 Å². The number of benzene rings is 1. The first-order valence-electron chi connectivity index (χ1n) is 6.80. The maximum absolute atomic E-state index is 13.9. The van der Waals surface area contributed by atoms with Crippen LogP contribution in [0.3, 0.4) is 0 Å². The highest BCUT2D eigenvalue weighted by molar-refractivity contribution is 5.49. The molecule has 0 radical (unpaired) electrons. The van der Waals surface area contributed by atoms with Gasteiger partial charge in [0.15, 0.2) is 11.5 Å². The van der Waals surface area contributed by atoms with Crippen molar-refractivity contribution in [1.29, 1.82) is 0 Å². The van der Waals surface area contributed by atoms with Gasteiger partial charge in [0.1, 0.15) is 6.17 Å². The lowest BCUT2D eigenvalue weighted by atomic mass is 9.91. The molecule has 106 valence electrons. The third-order valence-corrected chi connectivity index (χ3v) is 3.70. The quantitative estimate of drug-likeness (QED) is 0.905. The summed E-state index contributed by atoms with van der Waals surface area (Å²) in [4.78, 5) is 0. The van der Waals surface area contributed by atoms with Crippen LogP contribution in [0.5, 0.6) is 11.5 Å². The van der Waals surface area contributed by atoms with E-state index in [0.717, 1.165) is 18.5 Å². The van der Waals surface area contributed by atoms with Gasteiger partial charge in [-0.2, -0.15) is 0 Å². The van der Waals surface area contributed by atoms with Gasteiger partial charge < -0.3 is 14.8 Å². The number of rotatable bonds is 4. The molecule has 1 aromatic rings. The van der Waals surface area contributed by atoms with Gasteiger partial charge in [-0.3, -0.25) is 0 Å². The van der Waals surface area contributed by atoms with Crippen molar-refractivity contribution in [2.45, 2.75) is 38.4 Å². The predicted octanol–water partition coefficient (Wildman–Crippen LogP) is 3.55. The zero-order chi connectivity index (χ0) is 13.8. The van der Waals surface area contributed by atoms with Crippen molar-refractivity contribution in [2.24, 2.45) is 0 Å². The molecule has 19 heavy (non-hydrogen) atoms. The molecule has 0 spiro atoms. The van der Waals surface area contributed by atoms with Crippen molar-refractivity contribution >= 4 is 0 Å². The molecule has 0 aromatic heterocycles. The molecular weight excluding hydrogens is 245 g/mol. The Bertz CT molecular complexity index is 428. The Hall–Kier alpha value is -1.29. The molecule has 0 bridgehead atoms. The van der Waals surface area contributed by atoms with E-state index in [2.05, 4.69) is 5.32 Å². The second-order valence-electron chi connectivity index (χ2n) is 4.95. The first-order valence-corrected chi connectivity index (χ1v) is 6.80. The molecule has 1 aliphatic heterocycles. The van der Waals surface area contributed by atoms with Crippen LogP contribution in [-0.2, 0) is 0 Å². The van der Waals surface area contributed by atoms with Gasteiger partial charge >= 0.3 is 0 Å². The summed E-state index contributed by atoms with van der Waals surface area (Å²) in [6.45, 7) is 2.55. The summed E-state index contributed by atoms with van der Waals surface area (Å²) in [5.74, 6) is 1.25. The van der Waals surface area contributed by atoms with Crippen molar-refractivity contribution in [2.75, 3.05) is 20.8 Å². The lowest BCUT2D eigenvalue weighted by Gasteiger charge is -2.27. The zero-order valence-electron chi connectivity index (χ0n) is 11.8. The van der Waals surface area contributed by atoms with Gasteiger partial charge in [0.05, 0.1) is 14.2 Å². The maximum Gasteiger partial charge on any atom is 0.161 e. The molecule has 1 aromatic carbocycles. The van der Waals surface area contributed by atoms with E-state index in [1.165, 1.54) is 12.8 Å². The van der Waals surface area contributed by atoms with E-state index in [1.54, 1.807) is 27.2 Å². The van der Waals surface area contributed by atoms with E-state index in [0.29, 0.717) is 17.1 Å². The standard InChI is InChI=1S/C15H22FNO2/c1-10(16)11-8-14(18-2)15(19-3)9-12(11)13-6-4-5-7-17-13/h8-10,13,17H,4-7H2,1-3H3. The summed E-state index contributed by atoms with van der Waals surface area (Å²) in [6, 6.07) is 3.88. The SMILES string of the molecule is COc1cc(C(C)F)c(C2CCCCN2)cc1OC. The van der Waals surface area contributed by atoms with Crippen LogP contribution in [0.4, 0.5) is 4.39 Å². The van der Waals surface area contributed by atoms with E-state index in [1.807, 2.05) is 6.07 Å². The summed E-state index contributed by atoms with van der Waals surface area (Å²) >= 11 is 0. The average molecular weight is 267 g/mol. The Kier molecular flexibility index (Phi) is 4.64. The van der Waals surface area contributed by atoms with E-state index < -0.39 is 6.17 Å². The second kappa shape index (κ2) is 6.24. The van der Waals surface area contributed by atoms with Crippen molar-refractivity contribution < 1.29 is 13.9 Å². The Morgan fingerprint density at radius 2 is 1.89 bits per heavy atom. The summed E-state index contributed by atoms with van der Waals surface area (Å²) in [6.07, 6.45) is 2.38. The average Bonchev–Trinajstić information content (AvgIpc) is 2.46. The van der Waals surface area contributed by atoms with Crippen molar-refractivity contribution in [3.05, 3.63) is 23.3 Å². The van der Waals surface area contributed by atoms with Crippen LogP contribution in [0, 0.1) is 0 Å². The molecule has 4 heteroatoms. The van der Waals surface area contributed by atoms with Gasteiger partial charge in [-0.25, -0.2) is 4.39 Å². The zero-order valence-corrected chi connectivity index (χ0v) is 11.8. The fourth-order valence-corrected chi connectivity index (χ4v) is 2.67. The normalized spacial score (nSPS) is 20.9. The molecule has 0 aliphatic carbocycles. The van der Waals surface area contributed by atoms with Crippen LogP contribution in [0.1, 0.15) is 49.5 Å². The molecule has 2 rings (SSSR count). The highest BCUT2D eigenvalue weighted by Gasteiger charge is 2.23. The topological polar surface area (TPSA) is 30.5 Å².